The highest BCUT2D eigenvalue weighted by molar-refractivity contribution is 5.73. The summed E-state index contributed by atoms with van der Waals surface area (Å²) in [5, 5.41) is 15.8. The topological polar surface area (TPSA) is 76.2 Å². The van der Waals surface area contributed by atoms with Crippen molar-refractivity contribution in [2.75, 3.05) is 19.6 Å². The zero-order valence-electron chi connectivity index (χ0n) is 15.8. The van der Waals surface area contributed by atoms with E-state index in [4.69, 9.17) is 9.90 Å². The van der Waals surface area contributed by atoms with Crippen LogP contribution in [0.25, 0.3) is 0 Å². The van der Waals surface area contributed by atoms with Crippen LogP contribution in [-0.4, -0.2) is 61.3 Å². The van der Waals surface area contributed by atoms with Crippen molar-refractivity contribution in [2.24, 2.45) is 5.92 Å². The molecule has 1 aliphatic rings. The van der Waals surface area contributed by atoms with Crippen LogP contribution in [0.1, 0.15) is 25.0 Å². The van der Waals surface area contributed by atoms with Crippen molar-refractivity contribution >= 4 is 5.97 Å². The predicted molar refractivity (Wildman–Crippen MR) is 96.7 cm³/mol. The third kappa shape index (κ3) is 7.34. The summed E-state index contributed by atoms with van der Waals surface area (Å²) in [6.45, 7) is 7.87. The van der Waals surface area contributed by atoms with E-state index in [9.17, 15) is 13.2 Å². The molecule has 0 amide bonds. The van der Waals surface area contributed by atoms with Gasteiger partial charge in [0.25, 0.3) is 0 Å². The lowest BCUT2D eigenvalue weighted by Crippen LogP contribution is -2.36. The van der Waals surface area contributed by atoms with Crippen LogP contribution < -0.4 is 0 Å². The van der Waals surface area contributed by atoms with Gasteiger partial charge in [-0.05, 0) is 63.9 Å². The number of aliphatic carboxylic acids is 1. The molecule has 0 radical (unpaired) electrons. The van der Waals surface area contributed by atoms with E-state index in [0.29, 0.717) is 0 Å². The highest BCUT2D eigenvalue weighted by Gasteiger charge is 2.38. The molecule has 28 heavy (non-hydrogen) atoms. The number of carboxylic acids is 1. The number of carbonyl (C=O) groups is 1. The molecule has 3 heterocycles. The Morgan fingerprint density at radius 2 is 1.89 bits per heavy atom. The van der Waals surface area contributed by atoms with E-state index in [1.54, 1.807) is 0 Å². The number of hydrogen-bond acceptors (Lipinski definition) is 4. The second kappa shape index (κ2) is 10.3. The SMILES string of the molecule is Cc1ccnn1CCCN1CCC(Cn2cccn2)CC1.O=C(O)C(F)(F)F. The summed E-state index contributed by atoms with van der Waals surface area (Å²) in [6.07, 6.45) is 4.51. The number of piperidine rings is 1. The molecular weight excluding hydrogens is 375 g/mol. The highest BCUT2D eigenvalue weighted by atomic mass is 19.4. The Kier molecular flexibility index (Phi) is 8.04. The summed E-state index contributed by atoms with van der Waals surface area (Å²) >= 11 is 0. The van der Waals surface area contributed by atoms with Gasteiger partial charge in [-0.3, -0.25) is 9.36 Å². The largest absolute Gasteiger partial charge is 0.490 e. The Balaban J connectivity index is 0.000000345. The summed E-state index contributed by atoms with van der Waals surface area (Å²) in [4.78, 5) is 11.5. The zero-order valence-corrected chi connectivity index (χ0v) is 15.8. The third-order valence-electron chi connectivity index (χ3n) is 4.73. The number of nitrogens with zero attached hydrogens (tertiary/aromatic N) is 5. The number of rotatable bonds is 6. The molecule has 7 nitrogen and oxygen atoms in total. The van der Waals surface area contributed by atoms with Crippen molar-refractivity contribution < 1.29 is 23.1 Å². The number of aryl methyl sites for hydroxylation is 2. The summed E-state index contributed by atoms with van der Waals surface area (Å²) < 4.78 is 35.9. The molecule has 2 aromatic heterocycles. The fourth-order valence-corrected chi connectivity index (χ4v) is 3.14. The molecule has 1 aliphatic heterocycles. The van der Waals surface area contributed by atoms with E-state index >= 15 is 0 Å². The van der Waals surface area contributed by atoms with Crippen molar-refractivity contribution in [3.05, 3.63) is 36.4 Å². The average molecular weight is 401 g/mol. The van der Waals surface area contributed by atoms with Gasteiger partial charge >= 0.3 is 12.1 Å². The van der Waals surface area contributed by atoms with Gasteiger partial charge in [-0.15, -0.1) is 0 Å². The predicted octanol–water partition coefficient (Wildman–Crippen LogP) is 2.82. The quantitative estimate of drug-likeness (QED) is 0.806. The van der Waals surface area contributed by atoms with Crippen LogP contribution in [0.4, 0.5) is 13.2 Å². The number of halogens is 3. The molecule has 0 saturated carbocycles. The van der Waals surface area contributed by atoms with Crippen LogP contribution >= 0.6 is 0 Å². The lowest BCUT2D eigenvalue weighted by atomic mass is 9.97. The number of hydrogen-bond donors (Lipinski definition) is 1. The smallest absolute Gasteiger partial charge is 0.475 e. The van der Waals surface area contributed by atoms with Crippen LogP contribution in [-0.2, 0) is 17.9 Å². The van der Waals surface area contributed by atoms with Gasteiger partial charge in [0, 0.05) is 37.4 Å². The summed E-state index contributed by atoms with van der Waals surface area (Å²) in [5.74, 6) is -1.97. The Morgan fingerprint density at radius 1 is 1.21 bits per heavy atom. The molecule has 0 spiro atoms. The molecule has 156 valence electrons. The summed E-state index contributed by atoms with van der Waals surface area (Å²) in [5.41, 5.74) is 1.26. The number of likely N-dealkylation sites (tertiary alicyclic amines) is 1. The molecule has 0 aliphatic carbocycles. The maximum atomic E-state index is 10.6. The Hall–Kier alpha value is -2.36. The first-order valence-electron chi connectivity index (χ1n) is 9.24. The molecule has 2 aromatic rings. The van der Waals surface area contributed by atoms with Crippen LogP contribution in [0, 0.1) is 12.8 Å². The second-order valence-electron chi connectivity index (χ2n) is 6.87. The van der Waals surface area contributed by atoms with Gasteiger partial charge in [0.2, 0.25) is 0 Å². The normalized spacial score (nSPS) is 15.9. The van der Waals surface area contributed by atoms with Crippen LogP contribution in [0.5, 0.6) is 0 Å². The third-order valence-corrected chi connectivity index (χ3v) is 4.73. The molecule has 1 saturated heterocycles. The van der Waals surface area contributed by atoms with E-state index in [1.165, 1.54) is 44.6 Å². The highest BCUT2D eigenvalue weighted by Crippen LogP contribution is 2.19. The Morgan fingerprint density at radius 3 is 2.39 bits per heavy atom. The minimum Gasteiger partial charge on any atom is -0.475 e. The molecule has 3 rings (SSSR count). The molecule has 0 bridgehead atoms. The number of carboxylic acid groups (broad SMARTS) is 1. The summed E-state index contributed by atoms with van der Waals surface area (Å²) in [6, 6.07) is 4.08. The molecule has 1 N–H and O–H groups in total. The first-order valence-corrected chi connectivity index (χ1v) is 9.24. The molecule has 0 atom stereocenters. The van der Waals surface area contributed by atoms with Crippen molar-refractivity contribution in [1.29, 1.82) is 0 Å². The van der Waals surface area contributed by atoms with Crippen LogP contribution in [0.3, 0.4) is 0 Å². The van der Waals surface area contributed by atoms with E-state index in [0.717, 1.165) is 19.0 Å². The van der Waals surface area contributed by atoms with Gasteiger partial charge in [0.05, 0.1) is 0 Å². The van der Waals surface area contributed by atoms with Gasteiger partial charge < -0.3 is 10.0 Å². The van der Waals surface area contributed by atoms with Crippen molar-refractivity contribution in [2.45, 2.75) is 45.5 Å². The number of alkyl halides is 3. The van der Waals surface area contributed by atoms with E-state index in [1.807, 2.05) is 18.5 Å². The van der Waals surface area contributed by atoms with Crippen molar-refractivity contribution in [1.82, 2.24) is 24.5 Å². The standard InChI is InChI=1S/C16H25N5.C2HF3O2/c1-15-4-8-18-21(15)11-3-9-19-12-5-16(6-13-19)14-20-10-2-7-17-20;3-2(4,5)1(6)7/h2,4,7-8,10,16H,3,5-6,9,11-14H2,1H3;(H,6,7). The average Bonchev–Trinajstić information content (AvgIpc) is 3.28. The maximum Gasteiger partial charge on any atom is 0.490 e. The number of aromatic nitrogens is 4. The molecule has 10 heteroatoms. The van der Waals surface area contributed by atoms with Gasteiger partial charge in [0.1, 0.15) is 0 Å². The Bertz CT molecular complexity index is 707. The molecular formula is C18H26F3N5O2. The Labute approximate surface area is 161 Å². The molecule has 0 aromatic carbocycles. The van der Waals surface area contributed by atoms with E-state index < -0.39 is 12.1 Å². The first kappa shape index (κ1) is 21.9. The van der Waals surface area contributed by atoms with Crippen LogP contribution in [0.15, 0.2) is 30.7 Å². The monoisotopic (exact) mass is 401 g/mol. The van der Waals surface area contributed by atoms with Gasteiger partial charge in [-0.25, -0.2) is 4.79 Å². The second-order valence-corrected chi connectivity index (χ2v) is 6.87. The fourth-order valence-electron chi connectivity index (χ4n) is 3.14. The molecule has 0 unspecified atom stereocenters. The minimum absolute atomic E-state index is 0.787. The fraction of sp³-hybridized carbons (Fsp3) is 0.611. The lowest BCUT2D eigenvalue weighted by Gasteiger charge is -2.31. The van der Waals surface area contributed by atoms with Gasteiger partial charge in [-0.2, -0.15) is 23.4 Å². The van der Waals surface area contributed by atoms with Crippen molar-refractivity contribution in [3.8, 4) is 0 Å². The van der Waals surface area contributed by atoms with E-state index in [-0.39, 0.29) is 0 Å². The van der Waals surface area contributed by atoms with E-state index in [2.05, 4.69) is 43.6 Å². The summed E-state index contributed by atoms with van der Waals surface area (Å²) in [7, 11) is 0. The first-order chi connectivity index (χ1) is 13.3. The minimum atomic E-state index is -5.08. The molecule has 1 fully saturated rings. The van der Waals surface area contributed by atoms with Gasteiger partial charge in [-0.1, -0.05) is 0 Å². The zero-order chi connectivity index (χ0) is 20.6. The maximum absolute atomic E-state index is 10.6. The van der Waals surface area contributed by atoms with Gasteiger partial charge in [0.15, 0.2) is 0 Å². The lowest BCUT2D eigenvalue weighted by molar-refractivity contribution is -0.192. The van der Waals surface area contributed by atoms with Crippen molar-refractivity contribution in [3.63, 3.8) is 0 Å². The van der Waals surface area contributed by atoms with Crippen LogP contribution in [0.2, 0.25) is 0 Å².